The van der Waals surface area contributed by atoms with E-state index in [1.54, 1.807) is 11.8 Å². The predicted octanol–water partition coefficient (Wildman–Crippen LogP) is 2.35. The molecule has 1 amide bonds. The summed E-state index contributed by atoms with van der Waals surface area (Å²) in [6, 6.07) is 7.84. The lowest BCUT2D eigenvalue weighted by atomic mass is 10.3. The normalized spacial score (nSPS) is 10.1. The molecule has 88 valence electrons. The smallest absolute Gasteiger partial charge is 0.238 e. The van der Waals surface area contributed by atoms with Gasteiger partial charge in [0, 0.05) is 10.6 Å². The first kappa shape index (κ1) is 13.1. The van der Waals surface area contributed by atoms with Gasteiger partial charge in [-0.05, 0) is 43.5 Å². The van der Waals surface area contributed by atoms with Gasteiger partial charge >= 0.3 is 0 Å². The molecular formula is C12H18N2OS. The molecule has 0 saturated carbocycles. The van der Waals surface area contributed by atoms with Gasteiger partial charge in [-0.15, -0.1) is 11.8 Å². The van der Waals surface area contributed by atoms with E-state index in [1.807, 2.05) is 30.5 Å². The Hall–Kier alpha value is -1.00. The average Bonchev–Trinajstić information content (AvgIpc) is 2.30. The summed E-state index contributed by atoms with van der Waals surface area (Å²) in [5.74, 6) is 0.00496. The summed E-state index contributed by atoms with van der Waals surface area (Å²) < 4.78 is 0. The highest BCUT2D eigenvalue weighted by atomic mass is 32.2. The second-order valence-electron chi connectivity index (χ2n) is 3.45. The van der Waals surface area contributed by atoms with Crippen molar-refractivity contribution in [1.29, 1.82) is 0 Å². The number of hydrogen-bond acceptors (Lipinski definition) is 3. The van der Waals surface area contributed by atoms with E-state index in [9.17, 15) is 4.79 Å². The van der Waals surface area contributed by atoms with Crippen molar-refractivity contribution in [3.8, 4) is 0 Å². The average molecular weight is 238 g/mol. The Balaban J connectivity index is 2.37. The maximum Gasteiger partial charge on any atom is 0.238 e. The monoisotopic (exact) mass is 238 g/mol. The van der Waals surface area contributed by atoms with E-state index in [4.69, 9.17) is 0 Å². The highest BCUT2D eigenvalue weighted by Gasteiger charge is 2.00. The maximum atomic E-state index is 11.5. The van der Waals surface area contributed by atoms with Crippen LogP contribution in [-0.2, 0) is 4.79 Å². The molecule has 3 nitrogen and oxygen atoms in total. The molecule has 4 heteroatoms. The zero-order valence-corrected chi connectivity index (χ0v) is 10.6. The van der Waals surface area contributed by atoms with Crippen molar-refractivity contribution in [2.45, 2.75) is 18.2 Å². The molecule has 0 saturated heterocycles. The number of carbonyl (C=O) groups is 1. The van der Waals surface area contributed by atoms with Gasteiger partial charge < -0.3 is 10.6 Å². The Kier molecular flexibility index (Phi) is 5.96. The molecule has 16 heavy (non-hydrogen) atoms. The van der Waals surface area contributed by atoms with Crippen molar-refractivity contribution in [2.75, 3.05) is 24.7 Å². The van der Waals surface area contributed by atoms with Crippen LogP contribution in [0.3, 0.4) is 0 Å². The number of thioether (sulfide) groups is 1. The summed E-state index contributed by atoms with van der Waals surface area (Å²) in [7, 11) is 0. The molecule has 0 unspecified atom stereocenters. The van der Waals surface area contributed by atoms with Crippen LogP contribution in [0.4, 0.5) is 5.69 Å². The molecule has 0 bridgehead atoms. The number of rotatable bonds is 6. The van der Waals surface area contributed by atoms with Gasteiger partial charge in [0.2, 0.25) is 5.91 Å². The number of nitrogens with one attached hydrogen (secondary N) is 2. The predicted molar refractivity (Wildman–Crippen MR) is 70.0 cm³/mol. The van der Waals surface area contributed by atoms with E-state index in [0.717, 1.165) is 18.7 Å². The molecule has 0 aliphatic carbocycles. The van der Waals surface area contributed by atoms with E-state index in [2.05, 4.69) is 17.6 Å². The maximum absolute atomic E-state index is 11.5. The molecule has 2 N–H and O–H groups in total. The number of anilines is 1. The van der Waals surface area contributed by atoms with Crippen molar-refractivity contribution in [3.05, 3.63) is 24.3 Å². The van der Waals surface area contributed by atoms with Crippen LogP contribution in [0.5, 0.6) is 0 Å². The zero-order valence-electron chi connectivity index (χ0n) is 9.75. The summed E-state index contributed by atoms with van der Waals surface area (Å²) in [5, 5.41) is 5.90. The molecule has 0 radical (unpaired) electrons. The van der Waals surface area contributed by atoms with Crippen molar-refractivity contribution in [2.24, 2.45) is 0 Å². The van der Waals surface area contributed by atoms with Crippen LogP contribution in [0.25, 0.3) is 0 Å². The lowest BCUT2D eigenvalue weighted by Gasteiger charge is -2.06. The Morgan fingerprint density at radius 2 is 2.00 bits per heavy atom. The van der Waals surface area contributed by atoms with Crippen LogP contribution >= 0.6 is 11.8 Å². The molecule has 1 aromatic carbocycles. The number of amides is 1. The SMILES string of the molecule is CCCNCC(=O)Nc1ccc(SC)cc1. The van der Waals surface area contributed by atoms with Crippen molar-refractivity contribution in [1.82, 2.24) is 5.32 Å². The highest BCUT2D eigenvalue weighted by molar-refractivity contribution is 7.98. The van der Waals surface area contributed by atoms with Crippen LogP contribution in [0.15, 0.2) is 29.2 Å². The fourth-order valence-corrected chi connectivity index (χ4v) is 1.67. The minimum Gasteiger partial charge on any atom is -0.325 e. The summed E-state index contributed by atoms with van der Waals surface area (Å²) in [5.41, 5.74) is 0.848. The number of benzene rings is 1. The molecule has 0 atom stereocenters. The van der Waals surface area contributed by atoms with Crippen LogP contribution in [0, 0.1) is 0 Å². The third kappa shape index (κ3) is 4.68. The standard InChI is InChI=1S/C12H18N2OS/c1-3-8-13-9-12(15)14-10-4-6-11(16-2)7-5-10/h4-7,13H,3,8-9H2,1-2H3,(H,14,15). The molecule has 0 aromatic heterocycles. The summed E-state index contributed by atoms with van der Waals surface area (Å²) in [4.78, 5) is 12.7. The Morgan fingerprint density at radius 3 is 2.56 bits per heavy atom. The van der Waals surface area contributed by atoms with Crippen molar-refractivity contribution >= 4 is 23.4 Å². The van der Waals surface area contributed by atoms with Gasteiger partial charge in [-0.25, -0.2) is 0 Å². The fraction of sp³-hybridized carbons (Fsp3) is 0.417. The van der Waals surface area contributed by atoms with E-state index in [-0.39, 0.29) is 5.91 Å². The van der Waals surface area contributed by atoms with Crippen molar-refractivity contribution < 1.29 is 4.79 Å². The van der Waals surface area contributed by atoms with Gasteiger partial charge in [0.1, 0.15) is 0 Å². The summed E-state index contributed by atoms with van der Waals surface area (Å²) in [6.07, 6.45) is 3.07. The first-order valence-corrected chi connectivity index (χ1v) is 6.63. The van der Waals surface area contributed by atoms with Crippen molar-refractivity contribution in [3.63, 3.8) is 0 Å². The summed E-state index contributed by atoms with van der Waals surface area (Å²) in [6.45, 7) is 3.32. The largest absolute Gasteiger partial charge is 0.325 e. The van der Waals surface area contributed by atoms with E-state index < -0.39 is 0 Å². The fourth-order valence-electron chi connectivity index (χ4n) is 1.26. The van der Waals surface area contributed by atoms with Crippen LogP contribution in [-0.4, -0.2) is 25.3 Å². The van der Waals surface area contributed by atoms with Gasteiger partial charge in [-0.3, -0.25) is 4.79 Å². The topological polar surface area (TPSA) is 41.1 Å². The molecule has 0 aliphatic heterocycles. The first-order chi connectivity index (χ1) is 7.76. The summed E-state index contributed by atoms with van der Waals surface area (Å²) >= 11 is 1.69. The minimum atomic E-state index is 0.00496. The number of carbonyl (C=O) groups excluding carboxylic acids is 1. The quantitative estimate of drug-likeness (QED) is 0.590. The molecule has 0 heterocycles. The second-order valence-corrected chi connectivity index (χ2v) is 4.33. The Bertz CT molecular complexity index is 324. The van der Waals surface area contributed by atoms with Gasteiger partial charge in [0.25, 0.3) is 0 Å². The van der Waals surface area contributed by atoms with Gasteiger partial charge in [-0.2, -0.15) is 0 Å². The Labute approximate surface area is 101 Å². The zero-order chi connectivity index (χ0) is 11.8. The lowest BCUT2D eigenvalue weighted by molar-refractivity contribution is -0.115. The molecule has 1 aromatic rings. The first-order valence-electron chi connectivity index (χ1n) is 5.41. The molecular weight excluding hydrogens is 220 g/mol. The van der Waals surface area contributed by atoms with Gasteiger partial charge in [0.05, 0.1) is 6.54 Å². The second kappa shape index (κ2) is 7.30. The lowest BCUT2D eigenvalue weighted by Crippen LogP contribution is -2.28. The van der Waals surface area contributed by atoms with E-state index in [1.165, 1.54) is 4.90 Å². The van der Waals surface area contributed by atoms with Gasteiger partial charge in [0.15, 0.2) is 0 Å². The molecule has 1 rings (SSSR count). The Morgan fingerprint density at radius 1 is 1.31 bits per heavy atom. The molecule has 0 aliphatic rings. The minimum absolute atomic E-state index is 0.00496. The molecule has 0 spiro atoms. The van der Waals surface area contributed by atoms with E-state index in [0.29, 0.717) is 6.54 Å². The molecule has 0 fully saturated rings. The van der Waals surface area contributed by atoms with E-state index >= 15 is 0 Å². The van der Waals surface area contributed by atoms with Gasteiger partial charge in [-0.1, -0.05) is 6.92 Å². The highest BCUT2D eigenvalue weighted by Crippen LogP contribution is 2.17. The third-order valence-corrected chi connectivity index (χ3v) is 2.83. The van der Waals surface area contributed by atoms with Crippen LogP contribution in [0.2, 0.25) is 0 Å². The third-order valence-electron chi connectivity index (χ3n) is 2.09. The van der Waals surface area contributed by atoms with Crippen LogP contribution in [0.1, 0.15) is 13.3 Å². The van der Waals surface area contributed by atoms with Crippen LogP contribution < -0.4 is 10.6 Å². The number of hydrogen-bond donors (Lipinski definition) is 2.